The number of nitrogens with one attached hydrogen (secondary N) is 1. The molecule has 0 aliphatic heterocycles. The number of halogens is 3. The number of aromatic hydroxyl groups is 1. The monoisotopic (exact) mass is 366 g/mol. The SMILES string of the molecule is N#C/C(=C/c1ccc(O)c(Cl)c1)C(=O)Nc1cccc(Cl)c1Cl. The summed E-state index contributed by atoms with van der Waals surface area (Å²) >= 11 is 17.7. The van der Waals surface area contributed by atoms with Crippen molar-refractivity contribution in [2.24, 2.45) is 0 Å². The second-order valence-corrected chi connectivity index (χ2v) is 5.63. The van der Waals surface area contributed by atoms with Crippen LogP contribution < -0.4 is 5.32 Å². The van der Waals surface area contributed by atoms with Crippen LogP contribution >= 0.6 is 34.8 Å². The Balaban J connectivity index is 2.28. The molecular formula is C16H9Cl3N2O2. The number of benzene rings is 2. The summed E-state index contributed by atoms with van der Waals surface area (Å²) in [6.07, 6.45) is 1.35. The Morgan fingerprint density at radius 3 is 2.57 bits per heavy atom. The third-order valence-electron chi connectivity index (χ3n) is 2.85. The molecule has 2 aromatic rings. The van der Waals surface area contributed by atoms with E-state index in [0.29, 0.717) is 11.3 Å². The first-order valence-corrected chi connectivity index (χ1v) is 7.41. The fraction of sp³-hybridized carbons (Fsp3) is 0. The molecule has 0 aliphatic rings. The summed E-state index contributed by atoms with van der Waals surface area (Å²) in [6, 6.07) is 10.9. The van der Waals surface area contributed by atoms with E-state index in [2.05, 4.69) is 5.32 Å². The summed E-state index contributed by atoms with van der Waals surface area (Å²) in [7, 11) is 0. The van der Waals surface area contributed by atoms with E-state index in [1.54, 1.807) is 24.3 Å². The first-order chi connectivity index (χ1) is 10.9. The molecule has 0 unspecified atom stereocenters. The molecule has 0 aromatic heterocycles. The molecule has 2 rings (SSSR count). The van der Waals surface area contributed by atoms with Gasteiger partial charge in [-0.1, -0.05) is 46.9 Å². The van der Waals surface area contributed by atoms with Crippen molar-refractivity contribution in [3.05, 3.63) is 62.6 Å². The fourth-order valence-electron chi connectivity index (χ4n) is 1.72. The van der Waals surface area contributed by atoms with Crippen LogP contribution in [0.5, 0.6) is 5.75 Å². The largest absolute Gasteiger partial charge is 0.506 e. The van der Waals surface area contributed by atoms with E-state index < -0.39 is 5.91 Å². The fourth-order valence-corrected chi connectivity index (χ4v) is 2.25. The second kappa shape index (κ2) is 7.38. The van der Waals surface area contributed by atoms with Crippen LogP contribution in [0.1, 0.15) is 5.56 Å². The van der Waals surface area contributed by atoms with Gasteiger partial charge in [-0.05, 0) is 35.9 Å². The van der Waals surface area contributed by atoms with Gasteiger partial charge < -0.3 is 10.4 Å². The average Bonchev–Trinajstić information content (AvgIpc) is 2.52. The number of hydrogen-bond acceptors (Lipinski definition) is 3. The minimum absolute atomic E-state index is 0.0857. The first-order valence-electron chi connectivity index (χ1n) is 6.28. The van der Waals surface area contributed by atoms with Crippen molar-refractivity contribution in [2.45, 2.75) is 0 Å². The maximum absolute atomic E-state index is 12.2. The van der Waals surface area contributed by atoms with Crippen LogP contribution in [0.2, 0.25) is 15.1 Å². The van der Waals surface area contributed by atoms with Crippen molar-refractivity contribution >= 4 is 52.5 Å². The molecule has 1 amide bonds. The average molecular weight is 368 g/mol. The zero-order valence-corrected chi connectivity index (χ0v) is 13.7. The summed E-state index contributed by atoms with van der Waals surface area (Å²) in [5.41, 5.74) is 0.647. The molecule has 4 nitrogen and oxygen atoms in total. The number of nitrogens with zero attached hydrogens (tertiary/aromatic N) is 1. The number of rotatable bonds is 3. The summed E-state index contributed by atoms with van der Waals surface area (Å²) in [4.78, 5) is 12.2. The van der Waals surface area contributed by atoms with Crippen LogP contribution in [-0.2, 0) is 4.79 Å². The standard InChI is InChI=1S/C16H9Cl3N2O2/c17-11-2-1-3-13(15(11)19)21-16(23)10(8-20)6-9-4-5-14(22)12(18)7-9/h1-7,22H,(H,21,23)/b10-6-. The van der Waals surface area contributed by atoms with Crippen LogP contribution in [0.15, 0.2) is 42.0 Å². The summed E-state index contributed by atoms with van der Waals surface area (Å²) in [6.45, 7) is 0. The van der Waals surface area contributed by atoms with Crippen molar-refractivity contribution in [2.75, 3.05) is 5.32 Å². The molecule has 2 aromatic carbocycles. The van der Waals surface area contributed by atoms with Crippen LogP contribution in [0.3, 0.4) is 0 Å². The van der Waals surface area contributed by atoms with Gasteiger partial charge in [-0.25, -0.2) is 0 Å². The van der Waals surface area contributed by atoms with Gasteiger partial charge in [-0.15, -0.1) is 0 Å². The molecule has 0 aliphatic carbocycles. The van der Waals surface area contributed by atoms with Crippen molar-refractivity contribution < 1.29 is 9.90 Å². The molecule has 0 radical (unpaired) electrons. The molecule has 0 spiro atoms. The highest BCUT2D eigenvalue weighted by Gasteiger charge is 2.13. The molecular weight excluding hydrogens is 359 g/mol. The van der Waals surface area contributed by atoms with Crippen molar-refractivity contribution in [1.29, 1.82) is 5.26 Å². The first kappa shape index (κ1) is 17.2. The normalized spacial score (nSPS) is 11.0. The summed E-state index contributed by atoms with van der Waals surface area (Å²) in [5, 5.41) is 21.7. The van der Waals surface area contributed by atoms with Crippen LogP contribution in [0, 0.1) is 11.3 Å². The van der Waals surface area contributed by atoms with Crippen molar-refractivity contribution in [3.8, 4) is 11.8 Å². The van der Waals surface area contributed by atoms with E-state index in [0.717, 1.165) is 0 Å². The Labute approximate surface area is 147 Å². The van der Waals surface area contributed by atoms with Crippen LogP contribution in [0.25, 0.3) is 6.08 Å². The Hall–Kier alpha value is -2.19. The summed E-state index contributed by atoms with van der Waals surface area (Å²) < 4.78 is 0. The highest BCUT2D eigenvalue weighted by Crippen LogP contribution is 2.30. The van der Waals surface area contributed by atoms with Crippen LogP contribution in [-0.4, -0.2) is 11.0 Å². The third-order valence-corrected chi connectivity index (χ3v) is 3.97. The van der Waals surface area contributed by atoms with E-state index in [1.807, 2.05) is 0 Å². The number of anilines is 1. The Bertz CT molecular complexity index is 842. The smallest absolute Gasteiger partial charge is 0.266 e. The van der Waals surface area contributed by atoms with Gasteiger partial charge >= 0.3 is 0 Å². The number of carbonyl (C=O) groups excluding carboxylic acids is 1. The quantitative estimate of drug-likeness (QED) is 0.598. The van der Waals surface area contributed by atoms with E-state index in [9.17, 15) is 9.90 Å². The highest BCUT2D eigenvalue weighted by molar-refractivity contribution is 6.44. The van der Waals surface area contributed by atoms with E-state index in [4.69, 9.17) is 40.1 Å². The Kier molecular flexibility index (Phi) is 5.51. The predicted octanol–water partition coefficient (Wildman–Crippen LogP) is 4.90. The second-order valence-electron chi connectivity index (χ2n) is 4.44. The van der Waals surface area contributed by atoms with Gasteiger partial charge in [0.2, 0.25) is 0 Å². The van der Waals surface area contributed by atoms with Crippen molar-refractivity contribution in [1.82, 2.24) is 0 Å². The Morgan fingerprint density at radius 2 is 1.91 bits per heavy atom. The molecule has 0 atom stereocenters. The lowest BCUT2D eigenvalue weighted by molar-refractivity contribution is -0.112. The Morgan fingerprint density at radius 1 is 1.17 bits per heavy atom. The molecule has 0 fully saturated rings. The van der Waals surface area contributed by atoms with Gasteiger partial charge in [0.05, 0.1) is 20.8 Å². The van der Waals surface area contributed by atoms with Gasteiger partial charge in [0.1, 0.15) is 17.4 Å². The maximum atomic E-state index is 12.2. The van der Waals surface area contributed by atoms with E-state index >= 15 is 0 Å². The lowest BCUT2D eigenvalue weighted by atomic mass is 10.1. The molecule has 0 saturated carbocycles. The topological polar surface area (TPSA) is 73.1 Å². The van der Waals surface area contributed by atoms with Crippen molar-refractivity contribution in [3.63, 3.8) is 0 Å². The predicted molar refractivity (Wildman–Crippen MR) is 91.8 cm³/mol. The lowest BCUT2D eigenvalue weighted by Gasteiger charge is -2.07. The molecule has 116 valence electrons. The minimum Gasteiger partial charge on any atom is -0.506 e. The maximum Gasteiger partial charge on any atom is 0.266 e. The molecule has 0 heterocycles. The van der Waals surface area contributed by atoms with Gasteiger partial charge in [-0.3, -0.25) is 4.79 Å². The number of nitriles is 1. The van der Waals surface area contributed by atoms with Gasteiger partial charge in [-0.2, -0.15) is 5.26 Å². The molecule has 23 heavy (non-hydrogen) atoms. The minimum atomic E-state index is -0.638. The third kappa shape index (κ3) is 4.17. The number of phenols is 1. The highest BCUT2D eigenvalue weighted by atomic mass is 35.5. The number of phenolic OH excluding ortho intramolecular Hbond substituents is 1. The zero-order chi connectivity index (χ0) is 17.0. The zero-order valence-electron chi connectivity index (χ0n) is 11.5. The number of hydrogen-bond donors (Lipinski definition) is 2. The molecule has 0 bridgehead atoms. The molecule has 2 N–H and O–H groups in total. The van der Waals surface area contributed by atoms with Gasteiger partial charge in [0.25, 0.3) is 5.91 Å². The van der Waals surface area contributed by atoms with Crippen LogP contribution in [0.4, 0.5) is 5.69 Å². The summed E-state index contributed by atoms with van der Waals surface area (Å²) in [5.74, 6) is -0.724. The van der Waals surface area contributed by atoms with Gasteiger partial charge in [0, 0.05) is 0 Å². The lowest BCUT2D eigenvalue weighted by Crippen LogP contribution is -2.13. The number of carbonyl (C=O) groups is 1. The molecule has 0 saturated heterocycles. The molecule has 7 heteroatoms. The number of amides is 1. The van der Waals surface area contributed by atoms with Gasteiger partial charge in [0.15, 0.2) is 0 Å². The van der Waals surface area contributed by atoms with E-state index in [1.165, 1.54) is 24.3 Å². The van der Waals surface area contributed by atoms with E-state index in [-0.39, 0.29) is 26.4 Å².